The summed E-state index contributed by atoms with van der Waals surface area (Å²) >= 11 is 12.1. The molecule has 6 rings (SSSR count). The van der Waals surface area contributed by atoms with Crippen LogP contribution >= 0.6 is 23.2 Å². The van der Waals surface area contributed by atoms with Crippen molar-refractivity contribution in [3.05, 3.63) is 130 Å². The van der Waals surface area contributed by atoms with Crippen LogP contribution in [0, 0.1) is 0 Å². The van der Waals surface area contributed by atoms with E-state index >= 15 is 0 Å². The second-order valence-corrected chi connectivity index (χ2v) is 9.67. The molecule has 5 aromatic rings. The Morgan fingerprint density at radius 2 is 1.46 bits per heavy atom. The Hall–Kier alpha value is -4.45. The highest BCUT2D eigenvalue weighted by Crippen LogP contribution is 2.44. The Kier molecular flexibility index (Phi) is 6.39. The van der Waals surface area contributed by atoms with Gasteiger partial charge < -0.3 is 4.74 Å². The Balaban J connectivity index is 1.61. The first-order valence-corrected chi connectivity index (χ1v) is 13.0. The average molecular weight is 552 g/mol. The zero-order valence-electron chi connectivity index (χ0n) is 20.4. The number of amides is 1. The Bertz CT molecular complexity index is 1780. The molecular weight excluding hydrogens is 533 g/mol. The van der Waals surface area contributed by atoms with E-state index in [2.05, 4.69) is 0 Å². The number of ether oxygens (including phenoxy) is 1. The number of alkyl halides is 1. The molecule has 0 saturated heterocycles. The van der Waals surface area contributed by atoms with Gasteiger partial charge in [0.15, 0.2) is 11.6 Å². The number of fused-ring (bicyclic) bond motifs is 3. The molecule has 39 heavy (non-hydrogen) atoms. The number of halogens is 2. The number of carbonyl (C=O) groups is 3. The van der Waals surface area contributed by atoms with Gasteiger partial charge in [0.25, 0.3) is 0 Å². The van der Waals surface area contributed by atoms with Gasteiger partial charge in [-0.2, -0.15) is 0 Å². The zero-order valence-corrected chi connectivity index (χ0v) is 21.9. The minimum atomic E-state index is -0.460. The van der Waals surface area contributed by atoms with Gasteiger partial charge >= 0.3 is 0 Å². The molecule has 0 saturated carbocycles. The molecular formula is C32H19Cl2NO4. The lowest BCUT2D eigenvalue weighted by Gasteiger charge is -2.28. The van der Waals surface area contributed by atoms with Crippen molar-refractivity contribution in [2.75, 3.05) is 10.8 Å². The number of carbonyl (C=O) groups excluding carboxylic acids is 3. The monoisotopic (exact) mass is 551 g/mol. The molecule has 190 valence electrons. The summed E-state index contributed by atoms with van der Waals surface area (Å²) in [5, 5.41) is 1.94. The minimum absolute atomic E-state index is 0.108. The van der Waals surface area contributed by atoms with Crippen molar-refractivity contribution < 1.29 is 19.1 Å². The second kappa shape index (κ2) is 10.0. The van der Waals surface area contributed by atoms with Crippen molar-refractivity contribution in [3.8, 4) is 11.5 Å². The lowest BCUT2D eigenvalue weighted by atomic mass is 9.81. The molecule has 5 aromatic carbocycles. The molecule has 0 fully saturated rings. The van der Waals surface area contributed by atoms with Crippen molar-refractivity contribution in [2.24, 2.45) is 0 Å². The molecule has 7 heteroatoms. The van der Waals surface area contributed by atoms with Crippen LogP contribution in [-0.2, 0) is 4.79 Å². The molecule has 1 aliphatic carbocycles. The summed E-state index contributed by atoms with van der Waals surface area (Å²) in [6.07, 6.45) is 0. The van der Waals surface area contributed by atoms with Crippen molar-refractivity contribution in [1.29, 1.82) is 0 Å². The Morgan fingerprint density at radius 1 is 0.744 bits per heavy atom. The van der Waals surface area contributed by atoms with Crippen LogP contribution in [0.1, 0.15) is 31.8 Å². The minimum Gasteiger partial charge on any atom is -0.456 e. The van der Waals surface area contributed by atoms with Crippen molar-refractivity contribution in [1.82, 2.24) is 0 Å². The molecule has 5 nitrogen and oxygen atoms in total. The number of ketones is 2. The van der Waals surface area contributed by atoms with E-state index in [1.54, 1.807) is 60.7 Å². The predicted octanol–water partition coefficient (Wildman–Crippen LogP) is 7.96. The van der Waals surface area contributed by atoms with Crippen LogP contribution in [0.15, 0.2) is 103 Å². The van der Waals surface area contributed by atoms with Crippen LogP contribution in [-0.4, -0.2) is 23.4 Å². The second-order valence-electron chi connectivity index (χ2n) is 8.96. The summed E-state index contributed by atoms with van der Waals surface area (Å²) in [6, 6.07) is 29.7. The number of para-hydroxylation sites is 1. The van der Waals surface area contributed by atoms with Gasteiger partial charge in [-0.15, -0.1) is 11.6 Å². The first kappa shape index (κ1) is 24.9. The summed E-state index contributed by atoms with van der Waals surface area (Å²) in [5.74, 6) is -0.742. The van der Waals surface area contributed by atoms with Gasteiger partial charge in [-0.05, 0) is 53.9 Å². The van der Waals surface area contributed by atoms with Crippen LogP contribution < -0.4 is 9.64 Å². The molecule has 1 aliphatic rings. The van der Waals surface area contributed by atoms with E-state index in [1.807, 2.05) is 42.5 Å². The van der Waals surface area contributed by atoms with E-state index in [9.17, 15) is 14.4 Å². The molecule has 0 bridgehead atoms. The maximum atomic E-state index is 14.4. The number of hydrogen-bond acceptors (Lipinski definition) is 4. The molecule has 0 radical (unpaired) electrons. The summed E-state index contributed by atoms with van der Waals surface area (Å²) in [5.41, 5.74) is 1.42. The summed E-state index contributed by atoms with van der Waals surface area (Å²) < 4.78 is 6.30. The Labute approximate surface area is 234 Å². The van der Waals surface area contributed by atoms with E-state index in [0.29, 0.717) is 21.8 Å². The maximum absolute atomic E-state index is 14.4. The fraction of sp³-hybridized carbons (Fsp3) is 0.0312. The fourth-order valence-corrected chi connectivity index (χ4v) is 5.17. The smallest absolute Gasteiger partial charge is 0.246 e. The molecule has 0 N–H and O–H groups in total. The first-order chi connectivity index (χ1) is 19.0. The highest BCUT2D eigenvalue weighted by atomic mass is 35.5. The molecule has 0 spiro atoms. The largest absolute Gasteiger partial charge is 0.456 e. The van der Waals surface area contributed by atoms with Gasteiger partial charge in [0, 0.05) is 27.2 Å². The van der Waals surface area contributed by atoms with Crippen LogP contribution in [0.3, 0.4) is 0 Å². The standard InChI is InChI=1S/C32H19Cl2NO4/c33-18-27(36)35(21-15-13-20(34)14-16-21)26-12-6-11-24-28(26)31(38)29-25(30(24)37)17-19-7-4-5-10-23(19)32(29)39-22-8-2-1-3-9-22/h1-17H,18H2. The van der Waals surface area contributed by atoms with Gasteiger partial charge in [0.05, 0.1) is 16.8 Å². The number of rotatable bonds is 5. The molecule has 0 atom stereocenters. The number of nitrogens with zero attached hydrogens (tertiary/aromatic N) is 1. The molecule has 0 aromatic heterocycles. The van der Waals surface area contributed by atoms with Gasteiger partial charge in [0.2, 0.25) is 5.91 Å². The average Bonchev–Trinajstić information content (AvgIpc) is 2.97. The van der Waals surface area contributed by atoms with Gasteiger partial charge in [-0.25, -0.2) is 0 Å². The fourth-order valence-electron chi connectivity index (χ4n) is 4.92. The van der Waals surface area contributed by atoms with Gasteiger partial charge in [-0.1, -0.05) is 66.2 Å². The van der Waals surface area contributed by atoms with E-state index in [1.165, 1.54) is 4.90 Å². The summed E-state index contributed by atoms with van der Waals surface area (Å²) in [6.45, 7) is 0. The Morgan fingerprint density at radius 3 is 2.21 bits per heavy atom. The van der Waals surface area contributed by atoms with Crippen LogP contribution in [0.25, 0.3) is 10.8 Å². The number of hydrogen-bond donors (Lipinski definition) is 0. The lowest BCUT2D eigenvalue weighted by Crippen LogP contribution is -2.31. The SMILES string of the molecule is O=C1c2cccc(N(C(=O)CCl)c3ccc(Cl)cc3)c2C(=O)c2c1cc1ccccc1c2Oc1ccccc1. The van der Waals surface area contributed by atoms with Gasteiger partial charge in [-0.3, -0.25) is 19.3 Å². The topological polar surface area (TPSA) is 63.7 Å². The molecule has 0 unspecified atom stereocenters. The maximum Gasteiger partial charge on any atom is 0.246 e. The van der Waals surface area contributed by atoms with E-state index in [0.717, 1.165) is 5.39 Å². The van der Waals surface area contributed by atoms with E-state index < -0.39 is 11.7 Å². The zero-order chi connectivity index (χ0) is 27.1. The van der Waals surface area contributed by atoms with Crippen molar-refractivity contribution in [3.63, 3.8) is 0 Å². The summed E-state index contributed by atoms with van der Waals surface area (Å²) in [7, 11) is 0. The third-order valence-corrected chi connectivity index (χ3v) is 7.12. The van der Waals surface area contributed by atoms with Crippen LogP contribution in [0.4, 0.5) is 11.4 Å². The highest BCUT2D eigenvalue weighted by Gasteiger charge is 2.37. The van der Waals surface area contributed by atoms with Crippen LogP contribution in [0.5, 0.6) is 11.5 Å². The molecule has 1 amide bonds. The van der Waals surface area contributed by atoms with Crippen LogP contribution in [0.2, 0.25) is 5.02 Å². The number of anilines is 2. The van der Waals surface area contributed by atoms with Crippen molar-refractivity contribution in [2.45, 2.75) is 0 Å². The summed E-state index contributed by atoms with van der Waals surface area (Å²) in [4.78, 5) is 42.8. The van der Waals surface area contributed by atoms with Crippen molar-refractivity contribution >= 4 is 62.8 Å². The normalized spacial score (nSPS) is 12.2. The third kappa shape index (κ3) is 4.26. The molecule has 0 heterocycles. The lowest BCUT2D eigenvalue weighted by molar-refractivity contribution is -0.115. The predicted molar refractivity (Wildman–Crippen MR) is 153 cm³/mol. The quantitative estimate of drug-likeness (QED) is 0.204. The molecule has 0 aliphatic heterocycles. The third-order valence-electron chi connectivity index (χ3n) is 6.64. The number of benzene rings is 5. The van der Waals surface area contributed by atoms with Gasteiger partial charge in [0.1, 0.15) is 17.4 Å². The first-order valence-electron chi connectivity index (χ1n) is 12.1. The highest BCUT2D eigenvalue weighted by molar-refractivity contribution is 6.35. The van der Waals surface area contributed by atoms with E-state index in [-0.39, 0.29) is 45.4 Å². The van der Waals surface area contributed by atoms with E-state index in [4.69, 9.17) is 27.9 Å².